The molecule has 82 valence electrons. The van der Waals surface area contributed by atoms with Gasteiger partial charge in [-0.25, -0.2) is 4.98 Å². The van der Waals surface area contributed by atoms with Crippen molar-refractivity contribution in [3.63, 3.8) is 0 Å². The van der Waals surface area contributed by atoms with Gasteiger partial charge in [-0.05, 0) is 39.7 Å². The standard InChI is InChI=1S/C11H8BrClN2O/c12-9-2-1-5-15(11(9)16)7-8-3-4-10(13)14-6-8/h1-6H,7H2. The number of pyridine rings is 2. The molecule has 16 heavy (non-hydrogen) atoms. The Hall–Kier alpha value is -1.13. The van der Waals surface area contributed by atoms with Gasteiger partial charge in [0, 0.05) is 12.4 Å². The first-order valence-corrected chi connectivity index (χ1v) is 5.79. The van der Waals surface area contributed by atoms with E-state index >= 15 is 0 Å². The van der Waals surface area contributed by atoms with E-state index in [1.807, 2.05) is 12.1 Å². The first-order valence-electron chi connectivity index (χ1n) is 4.62. The second-order valence-electron chi connectivity index (χ2n) is 3.28. The molecule has 0 unspecified atom stereocenters. The quantitative estimate of drug-likeness (QED) is 0.799. The number of nitrogens with zero attached hydrogens (tertiary/aromatic N) is 2. The average molecular weight is 300 g/mol. The SMILES string of the molecule is O=c1c(Br)cccn1Cc1ccc(Cl)nc1. The fourth-order valence-corrected chi connectivity index (χ4v) is 1.82. The van der Waals surface area contributed by atoms with E-state index in [1.165, 1.54) is 0 Å². The summed E-state index contributed by atoms with van der Waals surface area (Å²) in [6.45, 7) is 0.489. The number of rotatable bonds is 2. The maximum atomic E-state index is 11.7. The van der Waals surface area contributed by atoms with Gasteiger partial charge in [0.05, 0.1) is 11.0 Å². The van der Waals surface area contributed by atoms with Crippen LogP contribution >= 0.6 is 27.5 Å². The predicted molar refractivity (Wildman–Crippen MR) is 66.8 cm³/mol. The highest BCUT2D eigenvalue weighted by atomic mass is 79.9. The van der Waals surface area contributed by atoms with E-state index in [4.69, 9.17) is 11.6 Å². The Morgan fingerprint density at radius 2 is 2.19 bits per heavy atom. The molecule has 0 aliphatic carbocycles. The number of hydrogen-bond acceptors (Lipinski definition) is 2. The summed E-state index contributed by atoms with van der Waals surface area (Å²) >= 11 is 8.88. The van der Waals surface area contributed by atoms with Gasteiger partial charge < -0.3 is 4.57 Å². The van der Waals surface area contributed by atoms with Crippen LogP contribution in [0.5, 0.6) is 0 Å². The minimum absolute atomic E-state index is 0.0579. The molecule has 0 N–H and O–H groups in total. The number of halogens is 2. The lowest BCUT2D eigenvalue weighted by Crippen LogP contribution is -2.20. The Kier molecular flexibility index (Phi) is 3.41. The molecule has 0 atom stereocenters. The van der Waals surface area contributed by atoms with E-state index in [0.29, 0.717) is 16.2 Å². The van der Waals surface area contributed by atoms with E-state index < -0.39 is 0 Å². The molecule has 0 spiro atoms. The first-order chi connectivity index (χ1) is 7.66. The third kappa shape index (κ3) is 2.51. The molecule has 0 amide bonds. The third-order valence-corrected chi connectivity index (χ3v) is 2.94. The summed E-state index contributed by atoms with van der Waals surface area (Å²) in [6.07, 6.45) is 3.40. The van der Waals surface area contributed by atoms with Crippen molar-refractivity contribution in [2.45, 2.75) is 6.54 Å². The summed E-state index contributed by atoms with van der Waals surface area (Å²) in [4.78, 5) is 15.7. The molecule has 0 bridgehead atoms. The van der Waals surface area contributed by atoms with E-state index in [1.54, 1.807) is 29.1 Å². The van der Waals surface area contributed by atoms with Gasteiger partial charge in [0.15, 0.2) is 0 Å². The molecule has 2 rings (SSSR count). The van der Waals surface area contributed by atoms with E-state index in [2.05, 4.69) is 20.9 Å². The molecule has 2 aromatic heterocycles. The zero-order valence-corrected chi connectivity index (χ0v) is 10.6. The molecule has 0 saturated carbocycles. The highest BCUT2D eigenvalue weighted by Gasteiger charge is 2.01. The average Bonchev–Trinajstić information content (AvgIpc) is 2.28. The summed E-state index contributed by atoms with van der Waals surface area (Å²) in [6, 6.07) is 7.09. The maximum absolute atomic E-state index is 11.7. The summed E-state index contributed by atoms with van der Waals surface area (Å²) in [5, 5.41) is 0.449. The summed E-state index contributed by atoms with van der Waals surface area (Å²) < 4.78 is 2.16. The van der Waals surface area contributed by atoms with Crippen molar-refractivity contribution >= 4 is 27.5 Å². The molecule has 0 saturated heterocycles. The van der Waals surface area contributed by atoms with Crippen LogP contribution in [0.3, 0.4) is 0 Å². The van der Waals surface area contributed by atoms with Crippen LogP contribution in [0.15, 0.2) is 45.9 Å². The lowest BCUT2D eigenvalue weighted by atomic mass is 10.3. The second-order valence-corrected chi connectivity index (χ2v) is 4.52. The van der Waals surface area contributed by atoms with Crippen LogP contribution in [0.2, 0.25) is 5.15 Å². The second kappa shape index (κ2) is 4.80. The third-order valence-electron chi connectivity index (χ3n) is 2.12. The van der Waals surface area contributed by atoms with Gasteiger partial charge in [-0.15, -0.1) is 0 Å². The molecule has 0 radical (unpaired) electrons. The van der Waals surface area contributed by atoms with Crippen LogP contribution in [0, 0.1) is 0 Å². The molecular weight excluding hydrogens is 291 g/mol. The maximum Gasteiger partial charge on any atom is 0.265 e. The minimum Gasteiger partial charge on any atom is -0.310 e. The van der Waals surface area contributed by atoms with Crippen molar-refractivity contribution in [3.8, 4) is 0 Å². The molecule has 2 aromatic rings. The first kappa shape index (κ1) is 11.4. The molecule has 0 aliphatic rings. The van der Waals surface area contributed by atoms with Crippen molar-refractivity contribution < 1.29 is 0 Å². The molecule has 3 nitrogen and oxygen atoms in total. The van der Waals surface area contributed by atoms with Gasteiger partial charge in [-0.2, -0.15) is 0 Å². The van der Waals surface area contributed by atoms with E-state index in [9.17, 15) is 4.79 Å². The summed E-state index contributed by atoms with van der Waals surface area (Å²) in [7, 11) is 0. The lowest BCUT2D eigenvalue weighted by Gasteiger charge is -2.05. The van der Waals surface area contributed by atoms with Crippen molar-refractivity contribution in [2.24, 2.45) is 0 Å². The van der Waals surface area contributed by atoms with E-state index in [0.717, 1.165) is 5.56 Å². The summed E-state index contributed by atoms with van der Waals surface area (Å²) in [5.74, 6) is 0. The zero-order chi connectivity index (χ0) is 11.5. The Morgan fingerprint density at radius 1 is 1.38 bits per heavy atom. The van der Waals surface area contributed by atoms with Crippen LogP contribution in [0.25, 0.3) is 0 Å². The van der Waals surface area contributed by atoms with Crippen LogP contribution < -0.4 is 5.56 Å². The van der Waals surface area contributed by atoms with E-state index in [-0.39, 0.29) is 5.56 Å². The highest BCUT2D eigenvalue weighted by Crippen LogP contribution is 2.07. The van der Waals surface area contributed by atoms with Crippen molar-refractivity contribution in [2.75, 3.05) is 0 Å². The number of aromatic nitrogens is 2. The Bertz CT molecular complexity index is 551. The van der Waals surface area contributed by atoms with Gasteiger partial charge in [-0.1, -0.05) is 17.7 Å². The topological polar surface area (TPSA) is 34.9 Å². The fourth-order valence-electron chi connectivity index (χ4n) is 1.33. The van der Waals surface area contributed by atoms with Crippen molar-refractivity contribution in [1.29, 1.82) is 0 Å². The highest BCUT2D eigenvalue weighted by molar-refractivity contribution is 9.10. The normalized spacial score (nSPS) is 10.4. The lowest BCUT2D eigenvalue weighted by molar-refractivity contribution is 0.752. The molecule has 0 aromatic carbocycles. The van der Waals surface area contributed by atoms with Gasteiger partial charge in [-0.3, -0.25) is 4.79 Å². The number of hydrogen-bond donors (Lipinski definition) is 0. The van der Waals surface area contributed by atoms with Gasteiger partial charge in [0.1, 0.15) is 5.15 Å². The van der Waals surface area contributed by atoms with Crippen molar-refractivity contribution in [3.05, 3.63) is 62.2 Å². The summed E-state index contributed by atoms with van der Waals surface area (Å²) in [5.41, 5.74) is 0.877. The Balaban J connectivity index is 2.31. The molecule has 0 aliphatic heterocycles. The fraction of sp³-hybridized carbons (Fsp3) is 0.0909. The molecule has 5 heteroatoms. The van der Waals surface area contributed by atoms with Crippen molar-refractivity contribution in [1.82, 2.24) is 9.55 Å². The minimum atomic E-state index is -0.0579. The molecular formula is C11H8BrClN2O. The smallest absolute Gasteiger partial charge is 0.265 e. The van der Waals surface area contributed by atoms with Gasteiger partial charge in [0.2, 0.25) is 0 Å². The molecule has 0 fully saturated rings. The Labute approximate surface area is 106 Å². The van der Waals surface area contributed by atoms with Gasteiger partial charge >= 0.3 is 0 Å². The predicted octanol–water partition coefficient (Wildman–Crippen LogP) is 2.71. The van der Waals surface area contributed by atoms with Crippen LogP contribution in [-0.4, -0.2) is 9.55 Å². The zero-order valence-electron chi connectivity index (χ0n) is 8.23. The van der Waals surface area contributed by atoms with Crippen LogP contribution in [-0.2, 0) is 6.54 Å². The monoisotopic (exact) mass is 298 g/mol. The Morgan fingerprint density at radius 3 is 2.88 bits per heavy atom. The van der Waals surface area contributed by atoms with Crippen LogP contribution in [0.4, 0.5) is 0 Å². The van der Waals surface area contributed by atoms with Gasteiger partial charge in [0.25, 0.3) is 5.56 Å². The largest absolute Gasteiger partial charge is 0.310 e. The molecule has 2 heterocycles. The van der Waals surface area contributed by atoms with Crippen LogP contribution in [0.1, 0.15) is 5.56 Å².